The van der Waals surface area contributed by atoms with E-state index in [9.17, 15) is 4.89 Å². The average Bonchev–Trinajstić information content (AvgIpc) is 2.57. The molecule has 0 aliphatic heterocycles. The quantitative estimate of drug-likeness (QED) is 0.696. The summed E-state index contributed by atoms with van der Waals surface area (Å²) in [5.41, 5.74) is 3.29. The molecule has 122 valence electrons. The third-order valence-electron chi connectivity index (χ3n) is 3.36. The van der Waals surface area contributed by atoms with E-state index in [1.165, 1.54) is 0 Å². The van der Waals surface area contributed by atoms with Crippen LogP contribution >= 0.6 is 7.94 Å². The Morgan fingerprint density at radius 1 is 0.870 bits per heavy atom. The van der Waals surface area contributed by atoms with Crippen molar-refractivity contribution < 1.29 is 13.9 Å². The molecule has 0 aliphatic carbocycles. The molecule has 0 saturated heterocycles. The van der Waals surface area contributed by atoms with Gasteiger partial charge in [-0.1, -0.05) is 60.7 Å². The Labute approximate surface area is 139 Å². The summed E-state index contributed by atoms with van der Waals surface area (Å²) < 4.78 is 11.0. The molecule has 2 aromatic carbocycles. The fraction of sp³-hybridized carbons (Fsp3) is 0.263. The molecule has 0 saturated carbocycles. The Hall–Kier alpha value is -1.51. The SMILES string of the molecule is CCO[P+](O)(CC=C(c1ccccc1)c1ccccc1)OCC. The zero-order valence-corrected chi connectivity index (χ0v) is 14.6. The monoisotopic (exact) mass is 331 g/mol. The summed E-state index contributed by atoms with van der Waals surface area (Å²) in [5.74, 6) is 0. The lowest BCUT2D eigenvalue weighted by molar-refractivity contribution is 0.192. The maximum atomic E-state index is 10.6. The Bertz CT molecular complexity index is 564. The molecule has 0 unspecified atom stereocenters. The molecule has 2 aromatic rings. The normalized spacial score (nSPS) is 11.3. The summed E-state index contributed by atoms with van der Waals surface area (Å²) in [6.07, 6.45) is 2.39. The number of allylic oxidation sites excluding steroid dienone is 1. The average molecular weight is 331 g/mol. The van der Waals surface area contributed by atoms with E-state index >= 15 is 0 Å². The molecule has 0 aliphatic rings. The summed E-state index contributed by atoms with van der Waals surface area (Å²) >= 11 is 0. The van der Waals surface area contributed by atoms with E-state index in [4.69, 9.17) is 9.05 Å². The molecule has 0 bridgehead atoms. The van der Waals surface area contributed by atoms with E-state index in [1.807, 2.05) is 56.3 Å². The number of hydrogen-bond donors (Lipinski definition) is 1. The van der Waals surface area contributed by atoms with Crippen LogP contribution in [0.2, 0.25) is 0 Å². The van der Waals surface area contributed by atoms with Crippen LogP contribution in [0.15, 0.2) is 66.7 Å². The molecule has 0 heterocycles. The highest BCUT2D eigenvalue weighted by atomic mass is 31.2. The van der Waals surface area contributed by atoms with Gasteiger partial charge in [0.15, 0.2) is 6.16 Å². The van der Waals surface area contributed by atoms with Crippen molar-refractivity contribution in [2.24, 2.45) is 0 Å². The smallest absolute Gasteiger partial charge is 0.192 e. The maximum Gasteiger partial charge on any atom is 0.412 e. The van der Waals surface area contributed by atoms with Crippen molar-refractivity contribution in [2.45, 2.75) is 13.8 Å². The lowest BCUT2D eigenvalue weighted by Gasteiger charge is -2.15. The van der Waals surface area contributed by atoms with Crippen LogP contribution in [-0.4, -0.2) is 24.3 Å². The largest absolute Gasteiger partial charge is 0.412 e. The molecular weight excluding hydrogens is 307 g/mol. The van der Waals surface area contributed by atoms with Gasteiger partial charge < -0.3 is 0 Å². The molecule has 3 nitrogen and oxygen atoms in total. The number of rotatable bonds is 8. The van der Waals surface area contributed by atoms with Gasteiger partial charge in [0.2, 0.25) is 0 Å². The van der Waals surface area contributed by atoms with Gasteiger partial charge in [-0.3, -0.25) is 0 Å². The molecule has 1 N–H and O–H groups in total. The van der Waals surface area contributed by atoms with Gasteiger partial charge in [-0.15, -0.1) is 0 Å². The van der Waals surface area contributed by atoms with Crippen molar-refractivity contribution in [3.63, 3.8) is 0 Å². The molecule has 23 heavy (non-hydrogen) atoms. The maximum absolute atomic E-state index is 10.6. The van der Waals surface area contributed by atoms with E-state index in [-0.39, 0.29) is 0 Å². The van der Waals surface area contributed by atoms with Crippen LogP contribution in [0.1, 0.15) is 25.0 Å². The molecule has 0 spiro atoms. The third-order valence-corrected chi connectivity index (χ3v) is 5.32. The van der Waals surface area contributed by atoms with Crippen LogP contribution in [0, 0.1) is 0 Å². The summed E-state index contributed by atoms with van der Waals surface area (Å²) in [5, 5.41) is 0. The standard InChI is InChI=1S/C19H24O3P/c1-3-21-23(20,22-4-2)16-15-19(17-11-7-5-8-12-17)18-13-9-6-10-14-18/h5-15,20H,3-4,16H2,1-2H3/q+1. The predicted octanol–water partition coefficient (Wildman–Crippen LogP) is 4.95. The fourth-order valence-corrected chi connectivity index (χ4v) is 3.90. The third kappa shape index (κ3) is 5.26. The molecule has 4 heteroatoms. The van der Waals surface area contributed by atoms with Crippen LogP contribution in [0.25, 0.3) is 5.57 Å². The molecule has 0 radical (unpaired) electrons. The minimum absolute atomic E-state index is 0.369. The van der Waals surface area contributed by atoms with Gasteiger partial charge in [-0.2, -0.15) is 13.9 Å². The molecule has 0 atom stereocenters. The predicted molar refractivity (Wildman–Crippen MR) is 97.2 cm³/mol. The second-order valence-electron chi connectivity index (χ2n) is 5.01. The first kappa shape index (κ1) is 17.8. The zero-order chi connectivity index (χ0) is 16.5. The first-order valence-corrected chi connectivity index (χ1v) is 9.65. The zero-order valence-electron chi connectivity index (χ0n) is 13.7. The molecule has 0 aromatic heterocycles. The van der Waals surface area contributed by atoms with E-state index in [2.05, 4.69) is 24.3 Å². The van der Waals surface area contributed by atoms with Gasteiger partial charge in [0.1, 0.15) is 0 Å². The van der Waals surface area contributed by atoms with Crippen molar-refractivity contribution in [1.29, 1.82) is 0 Å². The van der Waals surface area contributed by atoms with Crippen LogP contribution in [0.5, 0.6) is 0 Å². The Balaban J connectivity index is 2.34. The highest BCUT2D eigenvalue weighted by molar-refractivity contribution is 7.60. The van der Waals surface area contributed by atoms with Gasteiger partial charge in [0.05, 0.1) is 13.2 Å². The van der Waals surface area contributed by atoms with Crippen LogP contribution in [-0.2, 0) is 9.05 Å². The topological polar surface area (TPSA) is 38.7 Å². The number of benzene rings is 2. The van der Waals surface area contributed by atoms with E-state index < -0.39 is 7.94 Å². The first-order chi connectivity index (χ1) is 11.2. The van der Waals surface area contributed by atoms with Crippen molar-refractivity contribution in [3.05, 3.63) is 77.9 Å². The van der Waals surface area contributed by atoms with Gasteiger partial charge in [-0.25, -0.2) is 0 Å². The second-order valence-corrected chi connectivity index (χ2v) is 7.16. The van der Waals surface area contributed by atoms with Gasteiger partial charge in [0, 0.05) is 0 Å². The van der Waals surface area contributed by atoms with Crippen molar-refractivity contribution in [1.82, 2.24) is 0 Å². The van der Waals surface area contributed by atoms with Gasteiger partial charge >= 0.3 is 7.94 Å². The van der Waals surface area contributed by atoms with Crippen LogP contribution in [0.4, 0.5) is 0 Å². The molecule has 2 rings (SSSR count). The Morgan fingerprint density at radius 2 is 1.30 bits per heavy atom. The minimum Gasteiger partial charge on any atom is -0.192 e. The molecule has 0 fully saturated rings. The lowest BCUT2D eigenvalue weighted by Crippen LogP contribution is -2.06. The summed E-state index contributed by atoms with van der Waals surface area (Å²) in [7, 11) is -2.84. The van der Waals surface area contributed by atoms with E-state index in [1.54, 1.807) is 0 Å². The van der Waals surface area contributed by atoms with Crippen LogP contribution in [0.3, 0.4) is 0 Å². The molecule has 0 amide bonds. The van der Waals surface area contributed by atoms with Crippen molar-refractivity contribution in [3.8, 4) is 0 Å². The van der Waals surface area contributed by atoms with Gasteiger partial charge in [-0.05, 0) is 36.6 Å². The van der Waals surface area contributed by atoms with Crippen molar-refractivity contribution >= 4 is 13.5 Å². The Kier molecular flexibility index (Phi) is 6.94. The minimum atomic E-state index is -2.84. The first-order valence-electron chi connectivity index (χ1n) is 7.89. The fourth-order valence-electron chi connectivity index (χ4n) is 2.39. The van der Waals surface area contributed by atoms with Crippen LogP contribution < -0.4 is 0 Å². The van der Waals surface area contributed by atoms with E-state index in [0.29, 0.717) is 19.4 Å². The van der Waals surface area contributed by atoms with Gasteiger partial charge in [0.25, 0.3) is 0 Å². The highest BCUT2D eigenvalue weighted by Crippen LogP contribution is 2.57. The lowest BCUT2D eigenvalue weighted by atomic mass is 9.98. The highest BCUT2D eigenvalue weighted by Gasteiger charge is 2.38. The summed E-state index contributed by atoms with van der Waals surface area (Å²) in [4.78, 5) is 10.6. The summed E-state index contributed by atoms with van der Waals surface area (Å²) in [6, 6.07) is 20.3. The Morgan fingerprint density at radius 3 is 1.70 bits per heavy atom. The summed E-state index contributed by atoms with van der Waals surface area (Å²) in [6.45, 7) is 4.60. The van der Waals surface area contributed by atoms with E-state index in [0.717, 1.165) is 16.7 Å². The van der Waals surface area contributed by atoms with Crippen molar-refractivity contribution in [2.75, 3.05) is 19.4 Å². The number of hydrogen-bond acceptors (Lipinski definition) is 3. The molecular formula is C19H24O3P+. The second kappa shape index (κ2) is 8.95.